The third kappa shape index (κ3) is 5.18. The molecule has 0 aliphatic carbocycles. The van der Waals surface area contributed by atoms with Crippen molar-refractivity contribution in [2.75, 3.05) is 0 Å². The molecule has 0 fully saturated rings. The fourth-order valence-corrected chi connectivity index (χ4v) is 3.84. The molecule has 31 heavy (non-hydrogen) atoms. The molecule has 158 valence electrons. The van der Waals surface area contributed by atoms with Gasteiger partial charge in [0.2, 0.25) is 5.91 Å². The summed E-state index contributed by atoms with van der Waals surface area (Å²) < 4.78 is 29.4. The zero-order chi connectivity index (χ0) is 21.6. The van der Waals surface area contributed by atoms with Crippen LogP contribution in [0.1, 0.15) is 29.5 Å². The van der Waals surface area contributed by atoms with Gasteiger partial charge >= 0.3 is 0 Å². The van der Waals surface area contributed by atoms with Crippen LogP contribution >= 0.6 is 0 Å². The van der Waals surface area contributed by atoms with Crippen molar-refractivity contribution in [1.82, 2.24) is 9.88 Å². The van der Waals surface area contributed by atoms with Crippen LogP contribution in [0, 0.1) is 11.6 Å². The van der Waals surface area contributed by atoms with E-state index in [-0.39, 0.29) is 17.5 Å². The van der Waals surface area contributed by atoms with Crippen LogP contribution in [0.4, 0.5) is 8.78 Å². The van der Waals surface area contributed by atoms with E-state index in [1.807, 2.05) is 24.3 Å². The SMILES string of the molecule is O=C(CCCc1cn(Cc2ccccc2F)c2ccccc12)NCc1cccc(F)c1. The minimum atomic E-state index is -0.307. The molecule has 0 unspecified atom stereocenters. The van der Waals surface area contributed by atoms with Gasteiger partial charge in [-0.05, 0) is 48.2 Å². The van der Waals surface area contributed by atoms with E-state index in [9.17, 15) is 13.6 Å². The summed E-state index contributed by atoms with van der Waals surface area (Å²) in [6, 6.07) is 21.1. The molecule has 1 aromatic heterocycles. The molecule has 4 rings (SSSR count). The number of aryl methyl sites for hydroxylation is 1. The zero-order valence-corrected chi connectivity index (χ0v) is 17.2. The first-order valence-electron chi connectivity index (χ1n) is 10.4. The van der Waals surface area contributed by atoms with Crippen molar-refractivity contribution >= 4 is 16.8 Å². The number of amides is 1. The quantitative estimate of drug-likeness (QED) is 0.397. The van der Waals surface area contributed by atoms with Crippen LogP contribution in [0.15, 0.2) is 79.0 Å². The third-order valence-corrected chi connectivity index (χ3v) is 5.40. The van der Waals surface area contributed by atoms with E-state index in [2.05, 4.69) is 22.1 Å². The largest absolute Gasteiger partial charge is 0.352 e. The molecule has 0 saturated carbocycles. The summed E-state index contributed by atoms with van der Waals surface area (Å²) in [7, 11) is 0. The molecule has 0 spiro atoms. The van der Waals surface area contributed by atoms with Crippen molar-refractivity contribution < 1.29 is 13.6 Å². The lowest BCUT2D eigenvalue weighted by Gasteiger charge is -2.06. The highest BCUT2D eigenvalue weighted by Gasteiger charge is 2.11. The number of fused-ring (bicyclic) bond motifs is 1. The van der Waals surface area contributed by atoms with Gasteiger partial charge in [-0.2, -0.15) is 0 Å². The van der Waals surface area contributed by atoms with Gasteiger partial charge in [0, 0.05) is 35.6 Å². The van der Waals surface area contributed by atoms with Crippen LogP contribution in [0.25, 0.3) is 10.9 Å². The predicted molar refractivity (Wildman–Crippen MR) is 119 cm³/mol. The number of hydrogen-bond donors (Lipinski definition) is 1. The Balaban J connectivity index is 1.38. The summed E-state index contributed by atoms with van der Waals surface area (Å²) in [4.78, 5) is 12.2. The first kappa shape index (κ1) is 20.8. The molecule has 0 bridgehead atoms. The first-order valence-corrected chi connectivity index (χ1v) is 10.4. The van der Waals surface area contributed by atoms with Gasteiger partial charge in [0.1, 0.15) is 11.6 Å². The molecule has 1 heterocycles. The predicted octanol–water partition coefficient (Wildman–Crippen LogP) is 5.61. The molecule has 3 aromatic carbocycles. The molecule has 0 radical (unpaired) electrons. The molecular weight excluding hydrogens is 394 g/mol. The second kappa shape index (κ2) is 9.56. The molecular formula is C26H24F2N2O. The van der Waals surface area contributed by atoms with Gasteiger partial charge in [-0.1, -0.05) is 48.5 Å². The maximum atomic E-state index is 14.1. The van der Waals surface area contributed by atoms with E-state index in [0.717, 1.165) is 28.5 Å². The van der Waals surface area contributed by atoms with Crippen LogP contribution in [0.5, 0.6) is 0 Å². The molecule has 1 N–H and O–H groups in total. The summed E-state index contributed by atoms with van der Waals surface area (Å²) in [5, 5.41) is 3.97. The fourth-order valence-electron chi connectivity index (χ4n) is 3.84. The Labute approximate surface area is 180 Å². The van der Waals surface area contributed by atoms with Gasteiger partial charge in [0.15, 0.2) is 0 Å². The Bertz CT molecular complexity index is 1200. The van der Waals surface area contributed by atoms with Crippen LogP contribution in [-0.2, 0) is 24.3 Å². The molecule has 5 heteroatoms. The van der Waals surface area contributed by atoms with Crippen molar-refractivity contribution in [3.8, 4) is 0 Å². The highest BCUT2D eigenvalue weighted by atomic mass is 19.1. The average Bonchev–Trinajstić information content (AvgIpc) is 3.12. The number of rotatable bonds is 8. The number of aromatic nitrogens is 1. The maximum absolute atomic E-state index is 14.1. The van der Waals surface area contributed by atoms with Crippen molar-refractivity contribution in [3.63, 3.8) is 0 Å². The Hall–Kier alpha value is -3.47. The minimum absolute atomic E-state index is 0.0562. The number of carbonyl (C=O) groups excluding carboxylic acids is 1. The number of halogens is 2. The van der Waals surface area contributed by atoms with E-state index in [0.29, 0.717) is 31.5 Å². The smallest absolute Gasteiger partial charge is 0.220 e. The summed E-state index contributed by atoms with van der Waals surface area (Å²) in [5.74, 6) is -0.574. The fraction of sp³-hybridized carbons (Fsp3) is 0.192. The third-order valence-electron chi connectivity index (χ3n) is 5.40. The lowest BCUT2D eigenvalue weighted by Crippen LogP contribution is -2.22. The number of benzene rings is 3. The number of nitrogens with zero attached hydrogens (tertiary/aromatic N) is 1. The highest BCUT2D eigenvalue weighted by molar-refractivity contribution is 5.84. The van der Waals surface area contributed by atoms with E-state index < -0.39 is 0 Å². The Kier molecular flexibility index (Phi) is 6.41. The molecule has 3 nitrogen and oxygen atoms in total. The number of hydrogen-bond acceptors (Lipinski definition) is 1. The Morgan fingerprint density at radius 1 is 0.903 bits per heavy atom. The monoisotopic (exact) mass is 418 g/mol. The van der Waals surface area contributed by atoms with Gasteiger partial charge in [-0.25, -0.2) is 8.78 Å². The van der Waals surface area contributed by atoms with E-state index in [1.165, 1.54) is 18.2 Å². The molecule has 0 saturated heterocycles. The second-order valence-electron chi connectivity index (χ2n) is 7.65. The Morgan fingerprint density at radius 3 is 2.55 bits per heavy atom. The van der Waals surface area contributed by atoms with Crippen molar-refractivity contribution in [2.45, 2.75) is 32.4 Å². The van der Waals surface area contributed by atoms with Gasteiger partial charge in [-0.3, -0.25) is 4.79 Å². The van der Waals surface area contributed by atoms with E-state index >= 15 is 0 Å². The molecule has 1 amide bonds. The van der Waals surface area contributed by atoms with Crippen molar-refractivity contribution in [1.29, 1.82) is 0 Å². The number of nitrogens with one attached hydrogen (secondary N) is 1. The summed E-state index contributed by atoms with van der Waals surface area (Å²) in [6.45, 7) is 0.778. The second-order valence-corrected chi connectivity index (χ2v) is 7.65. The minimum Gasteiger partial charge on any atom is -0.352 e. The number of para-hydroxylation sites is 1. The van der Waals surface area contributed by atoms with Gasteiger partial charge in [-0.15, -0.1) is 0 Å². The van der Waals surface area contributed by atoms with Crippen molar-refractivity contribution in [2.24, 2.45) is 0 Å². The molecule has 0 atom stereocenters. The van der Waals surface area contributed by atoms with Gasteiger partial charge < -0.3 is 9.88 Å². The van der Waals surface area contributed by atoms with Crippen LogP contribution in [0.3, 0.4) is 0 Å². The van der Waals surface area contributed by atoms with Crippen LogP contribution in [0.2, 0.25) is 0 Å². The van der Waals surface area contributed by atoms with E-state index in [4.69, 9.17) is 0 Å². The van der Waals surface area contributed by atoms with E-state index in [1.54, 1.807) is 24.3 Å². The van der Waals surface area contributed by atoms with Gasteiger partial charge in [0.05, 0.1) is 6.54 Å². The average molecular weight is 418 g/mol. The lowest BCUT2D eigenvalue weighted by molar-refractivity contribution is -0.121. The number of carbonyl (C=O) groups is 1. The molecule has 0 aliphatic rings. The van der Waals surface area contributed by atoms with Gasteiger partial charge in [0.25, 0.3) is 0 Å². The normalized spacial score (nSPS) is 11.0. The lowest BCUT2D eigenvalue weighted by atomic mass is 10.1. The van der Waals surface area contributed by atoms with Crippen LogP contribution < -0.4 is 5.32 Å². The first-order chi connectivity index (χ1) is 15.1. The highest BCUT2D eigenvalue weighted by Crippen LogP contribution is 2.24. The zero-order valence-electron chi connectivity index (χ0n) is 17.2. The standard InChI is InChI=1S/C26H24F2N2O/c27-22-10-5-7-19(15-22)16-29-26(31)14-6-9-20-17-30(25-13-4-2-11-23(20)25)18-21-8-1-3-12-24(21)28/h1-5,7-8,10-13,15,17H,6,9,14,16,18H2,(H,29,31). The summed E-state index contributed by atoms with van der Waals surface area (Å²) >= 11 is 0. The molecule has 0 aliphatic heterocycles. The van der Waals surface area contributed by atoms with Crippen molar-refractivity contribution in [3.05, 3.63) is 107 Å². The Morgan fingerprint density at radius 2 is 1.71 bits per heavy atom. The topological polar surface area (TPSA) is 34.0 Å². The molecule has 4 aromatic rings. The summed E-state index contributed by atoms with van der Waals surface area (Å²) in [6.07, 6.45) is 3.89. The van der Waals surface area contributed by atoms with Crippen LogP contribution in [-0.4, -0.2) is 10.5 Å². The maximum Gasteiger partial charge on any atom is 0.220 e. The summed E-state index contributed by atoms with van der Waals surface area (Å²) in [5.41, 5.74) is 3.58.